The number of hydrogen-bond acceptors (Lipinski definition) is 4. The monoisotopic (exact) mass is 259 g/mol. The number of amides is 2. The van der Waals surface area contributed by atoms with E-state index in [1.54, 1.807) is 35.3 Å². The molecule has 98 valence electrons. The SMILES string of the molecule is NC(=O)CCn1ccc(NC(=O)c2cccnc2)n1. The topological polar surface area (TPSA) is 103 Å². The van der Waals surface area contributed by atoms with Gasteiger partial charge in [0.2, 0.25) is 5.91 Å². The van der Waals surface area contributed by atoms with E-state index in [0.29, 0.717) is 17.9 Å². The summed E-state index contributed by atoms with van der Waals surface area (Å²) in [5.74, 6) is -0.261. The molecule has 7 heteroatoms. The molecule has 0 saturated heterocycles. The average Bonchev–Trinajstić information content (AvgIpc) is 2.85. The van der Waals surface area contributed by atoms with Crippen LogP contribution in [0.4, 0.5) is 5.82 Å². The first-order valence-electron chi connectivity index (χ1n) is 5.68. The number of aryl methyl sites for hydroxylation is 1. The molecule has 0 saturated carbocycles. The van der Waals surface area contributed by atoms with Gasteiger partial charge in [0.1, 0.15) is 0 Å². The molecule has 0 atom stereocenters. The van der Waals surface area contributed by atoms with Crippen molar-refractivity contribution in [3.05, 3.63) is 42.4 Å². The van der Waals surface area contributed by atoms with Crippen molar-refractivity contribution in [2.45, 2.75) is 13.0 Å². The maximum absolute atomic E-state index is 11.8. The summed E-state index contributed by atoms with van der Waals surface area (Å²) in [6, 6.07) is 4.99. The molecular formula is C12H13N5O2. The molecule has 19 heavy (non-hydrogen) atoms. The number of anilines is 1. The highest BCUT2D eigenvalue weighted by molar-refractivity contribution is 6.03. The van der Waals surface area contributed by atoms with Crippen LogP contribution in [-0.2, 0) is 11.3 Å². The molecule has 0 fully saturated rings. The van der Waals surface area contributed by atoms with Crippen LogP contribution in [0.2, 0.25) is 0 Å². The van der Waals surface area contributed by atoms with Gasteiger partial charge in [0.15, 0.2) is 5.82 Å². The molecule has 2 amide bonds. The van der Waals surface area contributed by atoms with E-state index < -0.39 is 5.91 Å². The zero-order chi connectivity index (χ0) is 13.7. The van der Waals surface area contributed by atoms with Gasteiger partial charge in [-0.2, -0.15) is 5.10 Å². The summed E-state index contributed by atoms with van der Waals surface area (Å²) in [5.41, 5.74) is 5.50. The van der Waals surface area contributed by atoms with Gasteiger partial charge in [-0.3, -0.25) is 19.3 Å². The quantitative estimate of drug-likeness (QED) is 0.811. The average molecular weight is 259 g/mol. The first-order valence-corrected chi connectivity index (χ1v) is 5.68. The van der Waals surface area contributed by atoms with E-state index in [2.05, 4.69) is 15.4 Å². The van der Waals surface area contributed by atoms with E-state index in [9.17, 15) is 9.59 Å². The molecule has 2 aromatic rings. The van der Waals surface area contributed by atoms with Crippen molar-refractivity contribution in [2.24, 2.45) is 5.73 Å². The first kappa shape index (κ1) is 12.7. The maximum atomic E-state index is 11.8. The fraction of sp³-hybridized carbons (Fsp3) is 0.167. The molecular weight excluding hydrogens is 246 g/mol. The fourth-order valence-electron chi connectivity index (χ4n) is 1.46. The van der Waals surface area contributed by atoms with E-state index in [-0.39, 0.29) is 12.3 Å². The minimum absolute atomic E-state index is 0.206. The minimum Gasteiger partial charge on any atom is -0.370 e. The van der Waals surface area contributed by atoms with Crippen LogP contribution < -0.4 is 11.1 Å². The number of aromatic nitrogens is 3. The Morgan fingerprint density at radius 2 is 2.21 bits per heavy atom. The lowest BCUT2D eigenvalue weighted by Gasteiger charge is -2.01. The summed E-state index contributed by atoms with van der Waals surface area (Å²) in [4.78, 5) is 26.3. The van der Waals surface area contributed by atoms with Crippen LogP contribution in [0.5, 0.6) is 0 Å². The van der Waals surface area contributed by atoms with Crippen molar-refractivity contribution in [2.75, 3.05) is 5.32 Å². The summed E-state index contributed by atoms with van der Waals surface area (Å²) < 4.78 is 1.55. The Labute approximate surface area is 109 Å². The standard InChI is InChI=1S/C12H13N5O2/c13-10(18)3-6-17-7-4-11(16-17)15-12(19)9-2-1-5-14-8-9/h1-2,4-5,7-8H,3,6H2,(H2,13,18)(H,15,16,19). The number of nitrogens with two attached hydrogens (primary N) is 1. The molecule has 0 aliphatic heterocycles. The largest absolute Gasteiger partial charge is 0.370 e. The lowest BCUT2D eigenvalue weighted by Crippen LogP contribution is -2.15. The van der Waals surface area contributed by atoms with Crippen molar-refractivity contribution in [3.63, 3.8) is 0 Å². The molecule has 3 N–H and O–H groups in total. The minimum atomic E-state index is -0.392. The second kappa shape index (κ2) is 5.76. The van der Waals surface area contributed by atoms with Gasteiger partial charge in [-0.25, -0.2) is 0 Å². The molecule has 0 spiro atoms. The van der Waals surface area contributed by atoms with Crippen LogP contribution >= 0.6 is 0 Å². The third-order valence-corrected chi connectivity index (χ3v) is 2.39. The zero-order valence-electron chi connectivity index (χ0n) is 10.1. The lowest BCUT2D eigenvalue weighted by atomic mass is 10.3. The fourth-order valence-corrected chi connectivity index (χ4v) is 1.46. The van der Waals surface area contributed by atoms with Crippen molar-refractivity contribution < 1.29 is 9.59 Å². The van der Waals surface area contributed by atoms with E-state index in [4.69, 9.17) is 5.73 Å². The zero-order valence-corrected chi connectivity index (χ0v) is 10.1. The molecule has 7 nitrogen and oxygen atoms in total. The summed E-state index contributed by atoms with van der Waals surface area (Å²) in [5, 5.41) is 6.74. The Morgan fingerprint density at radius 1 is 1.37 bits per heavy atom. The van der Waals surface area contributed by atoms with Crippen molar-refractivity contribution in [1.82, 2.24) is 14.8 Å². The number of rotatable bonds is 5. The normalized spacial score (nSPS) is 10.1. The third-order valence-electron chi connectivity index (χ3n) is 2.39. The molecule has 0 bridgehead atoms. The Balaban J connectivity index is 1.96. The van der Waals surface area contributed by atoms with Crippen LogP contribution in [0.3, 0.4) is 0 Å². The number of nitrogens with zero attached hydrogens (tertiary/aromatic N) is 3. The Morgan fingerprint density at radius 3 is 2.89 bits per heavy atom. The molecule has 0 aromatic carbocycles. The molecule has 2 heterocycles. The van der Waals surface area contributed by atoms with Crippen LogP contribution in [-0.4, -0.2) is 26.6 Å². The Bertz CT molecular complexity index is 579. The summed E-state index contributed by atoms with van der Waals surface area (Å²) in [6.45, 7) is 0.387. The van der Waals surface area contributed by atoms with Crippen LogP contribution in [0.15, 0.2) is 36.8 Å². The van der Waals surface area contributed by atoms with Crippen molar-refractivity contribution in [3.8, 4) is 0 Å². The van der Waals surface area contributed by atoms with E-state index in [1.807, 2.05) is 0 Å². The van der Waals surface area contributed by atoms with Gasteiger partial charge in [-0.05, 0) is 12.1 Å². The molecule has 2 rings (SSSR count). The first-order chi connectivity index (χ1) is 9.15. The number of pyridine rings is 1. The predicted molar refractivity (Wildman–Crippen MR) is 68.2 cm³/mol. The van der Waals surface area contributed by atoms with Crippen LogP contribution in [0, 0.1) is 0 Å². The highest BCUT2D eigenvalue weighted by Crippen LogP contribution is 2.06. The molecule has 0 aliphatic rings. The molecule has 2 aromatic heterocycles. The van der Waals surface area contributed by atoms with Crippen molar-refractivity contribution >= 4 is 17.6 Å². The van der Waals surface area contributed by atoms with Gasteiger partial charge in [0, 0.05) is 37.6 Å². The smallest absolute Gasteiger partial charge is 0.258 e. The Kier molecular flexibility index (Phi) is 3.87. The van der Waals surface area contributed by atoms with Gasteiger partial charge >= 0.3 is 0 Å². The second-order valence-electron chi connectivity index (χ2n) is 3.88. The van der Waals surface area contributed by atoms with Crippen molar-refractivity contribution in [1.29, 1.82) is 0 Å². The summed E-state index contributed by atoms with van der Waals surface area (Å²) >= 11 is 0. The molecule has 0 aliphatic carbocycles. The number of carbonyl (C=O) groups excluding carboxylic acids is 2. The summed E-state index contributed by atoms with van der Waals surface area (Å²) in [7, 11) is 0. The third kappa shape index (κ3) is 3.63. The predicted octanol–water partition coefficient (Wildman–Crippen LogP) is 0.406. The van der Waals surface area contributed by atoms with Gasteiger partial charge < -0.3 is 11.1 Å². The van der Waals surface area contributed by atoms with E-state index >= 15 is 0 Å². The maximum Gasteiger partial charge on any atom is 0.258 e. The molecule has 0 unspecified atom stereocenters. The van der Waals surface area contributed by atoms with E-state index in [0.717, 1.165) is 0 Å². The van der Waals surface area contributed by atoms with Gasteiger partial charge in [-0.15, -0.1) is 0 Å². The summed E-state index contributed by atoms with van der Waals surface area (Å²) in [6.07, 6.45) is 4.94. The van der Waals surface area contributed by atoms with Crippen LogP contribution in [0.25, 0.3) is 0 Å². The van der Waals surface area contributed by atoms with Gasteiger partial charge in [0.25, 0.3) is 5.91 Å². The van der Waals surface area contributed by atoms with Gasteiger partial charge in [-0.1, -0.05) is 0 Å². The van der Waals surface area contributed by atoms with Gasteiger partial charge in [0.05, 0.1) is 5.56 Å². The number of nitrogens with one attached hydrogen (secondary N) is 1. The number of primary amides is 1. The second-order valence-corrected chi connectivity index (χ2v) is 3.88. The highest BCUT2D eigenvalue weighted by Gasteiger charge is 2.07. The van der Waals surface area contributed by atoms with Crippen LogP contribution in [0.1, 0.15) is 16.8 Å². The number of hydrogen-bond donors (Lipinski definition) is 2. The molecule has 0 radical (unpaired) electrons. The lowest BCUT2D eigenvalue weighted by molar-refractivity contribution is -0.118. The highest BCUT2D eigenvalue weighted by atomic mass is 16.2. The van der Waals surface area contributed by atoms with E-state index in [1.165, 1.54) is 6.20 Å². The number of carbonyl (C=O) groups is 2. The Hall–Kier alpha value is -2.70.